The number of nitrogens with one attached hydrogen (secondary N) is 1. The predicted octanol–water partition coefficient (Wildman–Crippen LogP) is 3.97. The Morgan fingerprint density at radius 3 is 2.79 bits per heavy atom. The molecule has 0 fully saturated rings. The molecule has 0 atom stereocenters. The van der Waals surface area contributed by atoms with Crippen molar-refractivity contribution in [2.45, 2.75) is 13.5 Å². The zero-order valence-corrected chi connectivity index (χ0v) is 16.2. The Morgan fingerprint density at radius 2 is 2.07 bits per heavy atom. The Kier molecular flexibility index (Phi) is 6.11. The quantitative estimate of drug-likeness (QED) is 0.633. The summed E-state index contributed by atoms with van der Waals surface area (Å²) >= 11 is 0. The van der Waals surface area contributed by atoms with Gasteiger partial charge < -0.3 is 14.8 Å². The van der Waals surface area contributed by atoms with E-state index in [2.05, 4.69) is 10.4 Å². The van der Waals surface area contributed by atoms with Gasteiger partial charge in [-0.05, 0) is 48.4 Å². The molecule has 1 aromatic heterocycles. The molecule has 1 N–H and O–H groups in total. The molecule has 28 heavy (non-hydrogen) atoms. The van der Waals surface area contributed by atoms with E-state index in [0.29, 0.717) is 12.4 Å². The van der Waals surface area contributed by atoms with Crippen molar-refractivity contribution < 1.29 is 14.3 Å². The number of aromatic nitrogens is 2. The molecule has 0 saturated carbocycles. The first-order valence-electron chi connectivity index (χ1n) is 8.88. The summed E-state index contributed by atoms with van der Waals surface area (Å²) < 4.78 is 12.9. The lowest BCUT2D eigenvalue weighted by Gasteiger charge is -2.11. The van der Waals surface area contributed by atoms with Gasteiger partial charge in [0.05, 0.1) is 7.11 Å². The van der Waals surface area contributed by atoms with Gasteiger partial charge in [0.15, 0.2) is 5.82 Å². The van der Waals surface area contributed by atoms with Crippen molar-refractivity contribution in [1.29, 1.82) is 0 Å². The standard InChI is InChI=1S/C22H23N3O3/c1-16-5-4-6-19(13-16)28-15-18-14-17(7-9-20(18)27-3)8-10-22(26)23-21-11-12-25(2)24-21/h4-14H,15H2,1-3H3,(H,23,24,26)/b10-8+. The maximum Gasteiger partial charge on any atom is 0.249 e. The van der Waals surface area contributed by atoms with Gasteiger partial charge in [-0.3, -0.25) is 9.48 Å². The predicted molar refractivity (Wildman–Crippen MR) is 109 cm³/mol. The van der Waals surface area contributed by atoms with E-state index < -0.39 is 0 Å². The zero-order valence-electron chi connectivity index (χ0n) is 16.2. The number of amides is 1. The van der Waals surface area contributed by atoms with Crippen LogP contribution in [0.5, 0.6) is 11.5 Å². The fourth-order valence-corrected chi connectivity index (χ4v) is 2.70. The Labute approximate surface area is 164 Å². The minimum absolute atomic E-state index is 0.243. The van der Waals surface area contributed by atoms with E-state index in [1.54, 1.807) is 37.2 Å². The van der Waals surface area contributed by atoms with Crippen molar-refractivity contribution in [2.75, 3.05) is 12.4 Å². The molecule has 144 valence electrons. The first-order chi connectivity index (χ1) is 13.5. The normalized spacial score (nSPS) is 10.8. The topological polar surface area (TPSA) is 65.4 Å². The van der Waals surface area contributed by atoms with E-state index in [-0.39, 0.29) is 5.91 Å². The maximum absolute atomic E-state index is 12.0. The number of benzene rings is 2. The van der Waals surface area contributed by atoms with Gasteiger partial charge in [-0.2, -0.15) is 5.10 Å². The second-order valence-electron chi connectivity index (χ2n) is 6.37. The Balaban J connectivity index is 1.68. The van der Waals surface area contributed by atoms with E-state index in [4.69, 9.17) is 9.47 Å². The van der Waals surface area contributed by atoms with Crippen molar-refractivity contribution in [3.63, 3.8) is 0 Å². The Morgan fingerprint density at radius 1 is 1.21 bits per heavy atom. The van der Waals surface area contributed by atoms with Crippen LogP contribution < -0.4 is 14.8 Å². The number of carbonyl (C=O) groups is 1. The summed E-state index contributed by atoms with van der Waals surface area (Å²) in [5.41, 5.74) is 2.91. The lowest BCUT2D eigenvalue weighted by atomic mass is 10.1. The van der Waals surface area contributed by atoms with Gasteiger partial charge in [-0.15, -0.1) is 0 Å². The number of ether oxygens (including phenoxy) is 2. The molecule has 6 heteroatoms. The molecule has 0 aliphatic carbocycles. The second-order valence-corrected chi connectivity index (χ2v) is 6.37. The molecule has 0 bridgehead atoms. The molecule has 3 aromatic rings. The van der Waals surface area contributed by atoms with Crippen molar-refractivity contribution in [1.82, 2.24) is 9.78 Å². The average Bonchev–Trinajstić information content (AvgIpc) is 3.09. The molecule has 2 aromatic carbocycles. The van der Waals surface area contributed by atoms with E-state index in [1.165, 1.54) is 6.08 Å². The van der Waals surface area contributed by atoms with E-state index in [1.807, 2.05) is 49.4 Å². The van der Waals surface area contributed by atoms with Crippen molar-refractivity contribution in [3.05, 3.63) is 77.5 Å². The molecule has 0 radical (unpaired) electrons. The lowest BCUT2D eigenvalue weighted by molar-refractivity contribution is -0.111. The van der Waals surface area contributed by atoms with Crippen molar-refractivity contribution in [2.24, 2.45) is 7.05 Å². The fourth-order valence-electron chi connectivity index (χ4n) is 2.70. The molecule has 1 heterocycles. The number of rotatable bonds is 7. The summed E-state index contributed by atoms with van der Waals surface area (Å²) in [6, 6.07) is 15.3. The van der Waals surface area contributed by atoms with Gasteiger partial charge in [-0.1, -0.05) is 18.2 Å². The van der Waals surface area contributed by atoms with Gasteiger partial charge in [0.1, 0.15) is 18.1 Å². The highest BCUT2D eigenvalue weighted by atomic mass is 16.5. The van der Waals surface area contributed by atoms with Crippen LogP contribution in [-0.2, 0) is 18.4 Å². The SMILES string of the molecule is COc1ccc(/C=C/C(=O)Nc2ccn(C)n2)cc1COc1cccc(C)c1. The van der Waals surface area contributed by atoms with E-state index in [0.717, 1.165) is 28.2 Å². The third kappa shape index (κ3) is 5.23. The molecular weight excluding hydrogens is 354 g/mol. The number of carbonyl (C=O) groups excluding carboxylic acids is 1. The van der Waals surface area contributed by atoms with Crippen LogP contribution in [0.2, 0.25) is 0 Å². The third-order valence-corrected chi connectivity index (χ3v) is 4.08. The van der Waals surface area contributed by atoms with E-state index >= 15 is 0 Å². The zero-order chi connectivity index (χ0) is 19.9. The summed E-state index contributed by atoms with van der Waals surface area (Å²) in [5.74, 6) is 1.81. The number of hydrogen-bond acceptors (Lipinski definition) is 4. The third-order valence-electron chi connectivity index (χ3n) is 4.08. The summed E-state index contributed by atoms with van der Waals surface area (Å²) in [7, 11) is 3.42. The van der Waals surface area contributed by atoms with Crippen LogP contribution in [0.25, 0.3) is 6.08 Å². The summed E-state index contributed by atoms with van der Waals surface area (Å²) in [6.07, 6.45) is 4.98. The van der Waals surface area contributed by atoms with E-state index in [9.17, 15) is 4.79 Å². The maximum atomic E-state index is 12.0. The molecule has 0 aliphatic rings. The number of methoxy groups -OCH3 is 1. The highest BCUT2D eigenvalue weighted by molar-refractivity contribution is 6.01. The summed E-state index contributed by atoms with van der Waals surface area (Å²) in [4.78, 5) is 12.0. The van der Waals surface area contributed by atoms with Crippen molar-refractivity contribution in [3.8, 4) is 11.5 Å². The molecule has 0 spiro atoms. The van der Waals surface area contributed by atoms with Crippen LogP contribution in [0.15, 0.2) is 60.8 Å². The summed E-state index contributed by atoms with van der Waals surface area (Å²) in [6.45, 7) is 2.39. The van der Waals surface area contributed by atoms with Crippen LogP contribution in [0, 0.1) is 6.92 Å². The monoisotopic (exact) mass is 377 g/mol. The minimum Gasteiger partial charge on any atom is -0.496 e. The molecular formula is C22H23N3O3. The van der Waals surface area contributed by atoms with Crippen LogP contribution in [0.4, 0.5) is 5.82 Å². The number of hydrogen-bond donors (Lipinski definition) is 1. The van der Waals surface area contributed by atoms with Gasteiger partial charge >= 0.3 is 0 Å². The first kappa shape index (κ1) is 19.2. The van der Waals surface area contributed by atoms with Gasteiger partial charge in [0, 0.05) is 31.0 Å². The van der Waals surface area contributed by atoms with Gasteiger partial charge in [0.2, 0.25) is 5.91 Å². The lowest BCUT2D eigenvalue weighted by Crippen LogP contribution is -2.08. The molecule has 0 saturated heterocycles. The molecule has 3 rings (SSSR count). The first-order valence-corrected chi connectivity index (χ1v) is 8.88. The Hall–Kier alpha value is -3.54. The Bertz CT molecular complexity index is 992. The average molecular weight is 377 g/mol. The largest absolute Gasteiger partial charge is 0.496 e. The molecule has 1 amide bonds. The molecule has 0 unspecified atom stereocenters. The van der Waals surface area contributed by atoms with Crippen molar-refractivity contribution >= 4 is 17.8 Å². The van der Waals surface area contributed by atoms with Crippen LogP contribution in [0.3, 0.4) is 0 Å². The fraction of sp³-hybridized carbons (Fsp3) is 0.182. The molecule has 0 aliphatic heterocycles. The van der Waals surface area contributed by atoms with Gasteiger partial charge in [0.25, 0.3) is 0 Å². The van der Waals surface area contributed by atoms with Gasteiger partial charge in [-0.25, -0.2) is 0 Å². The number of aryl methyl sites for hydroxylation is 2. The number of anilines is 1. The number of nitrogens with zero attached hydrogens (tertiary/aromatic N) is 2. The molecule has 6 nitrogen and oxygen atoms in total. The second kappa shape index (κ2) is 8.90. The minimum atomic E-state index is -0.243. The smallest absolute Gasteiger partial charge is 0.249 e. The highest BCUT2D eigenvalue weighted by Gasteiger charge is 2.06. The highest BCUT2D eigenvalue weighted by Crippen LogP contribution is 2.23. The summed E-state index contributed by atoms with van der Waals surface area (Å²) in [5, 5.41) is 6.83. The van der Waals surface area contributed by atoms with Crippen LogP contribution in [-0.4, -0.2) is 22.8 Å². The van der Waals surface area contributed by atoms with Crippen LogP contribution >= 0.6 is 0 Å². The van der Waals surface area contributed by atoms with Crippen LogP contribution in [0.1, 0.15) is 16.7 Å².